The lowest BCUT2D eigenvalue weighted by atomic mass is 9.70. The van der Waals surface area contributed by atoms with Crippen LogP contribution in [0.15, 0.2) is 0 Å². The van der Waals surface area contributed by atoms with Gasteiger partial charge in [-0.3, -0.25) is 0 Å². The third kappa shape index (κ3) is 1.17. The number of fused-ring (bicyclic) bond motifs is 2. The van der Waals surface area contributed by atoms with Gasteiger partial charge < -0.3 is 4.74 Å². The van der Waals surface area contributed by atoms with Gasteiger partial charge in [0.1, 0.15) is 0 Å². The molecule has 0 aromatic carbocycles. The lowest BCUT2D eigenvalue weighted by Gasteiger charge is -2.39. The monoisotopic (exact) mass is 197 g/mol. The second-order valence-corrected chi connectivity index (χ2v) is 5.80. The maximum atomic E-state index is 11.1. The lowest BCUT2D eigenvalue weighted by Crippen LogP contribution is -2.38. The van der Waals surface area contributed by atoms with Crippen LogP contribution in [0, 0.1) is 16.7 Å². The summed E-state index contributed by atoms with van der Waals surface area (Å²) in [7, 11) is 0. The smallest absolute Gasteiger partial charge is 0.188 e. The molecule has 2 rings (SSSR count). The van der Waals surface area contributed by atoms with Crippen molar-refractivity contribution in [3.05, 3.63) is 0 Å². The second kappa shape index (κ2) is 2.96. The first-order valence-electron chi connectivity index (χ1n) is 5.69. The van der Waals surface area contributed by atoms with Crippen molar-refractivity contribution in [2.24, 2.45) is 16.7 Å². The van der Waals surface area contributed by atoms with Crippen LogP contribution in [0.1, 0.15) is 47.0 Å². The number of hydrogen-bond acceptors (Lipinski definition) is 1. The van der Waals surface area contributed by atoms with E-state index in [4.69, 9.17) is 4.74 Å². The molecule has 0 N–H and O–H groups in total. The first-order valence-corrected chi connectivity index (χ1v) is 5.69. The number of ether oxygens (including phenoxy) is 1. The van der Waals surface area contributed by atoms with Gasteiger partial charge in [0.2, 0.25) is 0 Å². The predicted molar refractivity (Wildman–Crippen MR) is 54.3 cm³/mol. The summed E-state index contributed by atoms with van der Waals surface area (Å²) in [5.74, 6) is 0.760. The highest BCUT2D eigenvalue weighted by atomic mass is 16.6. The molecular formula is C12H21O2. The summed E-state index contributed by atoms with van der Waals surface area (Å²) < 4.78 is 5.53. The predicted octanol–water partition coefficient (Wildman–Crippen LogP) is 2.99. The van der Waals surface area contributed by atoms with Crippen molar-refractivity contribution in [1.29, 1.82) is 0 Å². The van der Waals surface area contributed by atoms with Gasteiger partial charge in [-0.1, -0.05) is 20.8 Å². The maximum Gasteiger partial charge on any atom is 0.188 e. The van der Waals surface area contributed by atoms with Crippen molar-refractivity contribution < 1.29 is 9.84 Å². The van der Waals surface area contributed by atoms with E-state index < -0.39 is 6.29 Å². The summed E-state index contributed by atoms with van der Waals surface area (Å²) in [5.41, 5.74) is 0.586. The minimum absolute atomic E-state index is 0.198. The van der Waals surface area contributed by atoms with Crippen molar-refractivity contribution in [3.63, 3.8) is 0 Å². The van der Waals surface area contributed by atoms with Crippen LogP contribution >= 0.6 is 0 Å². The largest absolute Gasteiger partial charge is 0.346 e. The van der Waals surface area contributed by atoms with Gasteiger partial charge in [0, 0.05) is 0 Å². The molecule has 2 heteroatoms. The molecule has 0 amide bonds. The zero-order valence-corrected chi connectivity index (χ0v) is 9.67. The summed E-state index contributed by atoms with van der Waals surface area (Å²) in [5, 5.41) is 11.1. The van der Waals surface area contributed by atoms with E-state index in [0.29, 0.717) is 5.41 Å². The lowest BCUT2D eigenvalue weighted by molar-refractivity contribution is -0.189. The molecule has 2 nitrogen and oxygen atoms in total. The summed E-state index contributed by atoms with van der Waals surface area (Å²) in [6.07, 6.45) is 2.96. The van der Waals surface area contributed by atoms with Gasteiger partial charge >= 0.3 is 0 Å². The molecule has 81 valence electrons. The van der Waals surface area contributed by atoms with Crippen LogP contribution in [0.3, 0.4) is 0 Å². The van der Waals surface area contributed by atoms with Crippen molar-refractivity contribution >= 4 is 0 Å². The molecule has 2 fully saturated rings. The average Bonchev–Trinajstić information content (AvgIpc) is 2.35. The van der Waals surface area contributed by atoms with E-state index in [0.717, 1.165) is 12.3 Å². The SMILES string of the molecule is CC([O])OC1CC2CCC1(C)C2(C)C. The Labute approximate surface area is 86.6 Å². The van der Waals surface area contributed by atoms with Crippen molar-refractivity contribution in [3.8, 4) is 0 Å². The number of rotatable bonds is 2. The molecule has 14 heavy (non-hydrogen) atoms. The van der Waals surface area contributed by atoms with E-state index in [-0.39, 0.29) is 11.5 Å². The Morgan fingerprint density at radius 1 is 1.36 bits per heavy atom. The van der Waals surface area contributed by atoms with Crippen molar-refractivity contribution in [2.75, 3.05) is 0 Å². The van der Waals surface area contributed by atoms with Gasteiger partial charge in [0.25, 0.3) is 0 Å². The molecule has 0 aromatic heterocycles. The van der Waals surface area contributed by atoms with Gasteiger partial charge in [-0.2, -0.15) is 0 Å². The fourth-order valence-electron chi connectivity index (χ4n) is 3.57. The van der Waals surface area contributed by atoms with Gasteiger partial charge in [-0.25, -0.2) is 5.11 Å². The van der Waals surface area contributed by atoms with Gasteiger partial charge in [0.05, 0.1) is 6.10 Å². The molecule has 2 bridgehead atoms. The molecule has 0 saturated heterocycles. The highest BCUT2D eigenvalue weighted by Gasteiger charge is 2.62. The standard InChI is InChI=1S/C12H21O2/c1-8(13)14-10-7-9-5-6-12(10,4)11(9,2)3/h8-10H,5-7H2,1-4H3. The molecule has 2 aliphatic carbocycles. The van der Waals surface area contributed by atoms with E-state index in [2.05, 4.69) is 20.8 Å². The molecular weight excluding hydrogens is 176 g/mol. The Morgan fingerprint density at radius 3 is 2.36 bits per heavy atom. The van der Waals surface area contributed by atoms with Crippen LogP contribution in [-0.2, 0) is 9.84 Å². The van der Waals surface area contributed by atoms with Crippen molar-refractivity contribution in [1.82, 2.24) is 0 Å². The van der Waals surface area contributed by atoms with Crippen LogP contribution in [0.4, 0.5) is 0 Å². The minimum atomic E-state index is -0.869. The normalized spacial score (nSPS) is 46.9. The topological polar surface area (TPSA) is 29.1 Å². The Balaban J connectivity index is 2.19. The molecule has 0 aliphatic heterocycles. The molecule has 1 radical (unpaired) electrons. The summed E-state index contributed by atoms with van der Waals surface area (Å²) in [4.78, 5) is 0. The van der Waals surface area contributed by atoms with E-state index in [1.807, 2.05) is 0 Å². The highest BCUT2D eigenvalue weighted by molar-refractivity contribution is 5.11. The fraction of sp³-hybridized carbons (Fsp3) is 1.00. The molecule has 0 heterocycles. The molecule has 4 unspecified atom stereocenters. The minimum Gasteiger partial charge on any atom is -0.346 e. The zero-order valence-electron chi connectivity index (χ0n) is 9.67. The molecule has 4 atom stereocenters. The third-order valence-electron chi connectivity index (χ3n) is 5.07. The van der Waals surface area contributed by atoms with Crippen LogP contribution < -0.4 is 0 Å². The number of hydrogen-bond donors (Lipinski definition) is 0. The van der Waals surface area contributed by atoms with Crippen LogP contribution in [0.2, 0.25) is 0 Å². The van der Waals surface area contributed by atoms with Crippen LogP contribution in [-0.4, -0.2) is 12.4 Å². The van der Waals surface area contributed by atoms with Gasteiger partial charge in [-0.05, 0) is 42.9 Å². The van der Waals surface area contributed by atoms with E-state index >= 15 is 0 Å². The third-order valence-corrected chi connectivity index (χ3v) is 5.07. The van der Waals surface area contributed by atoms with E-state index in [1.54, 1.807) is 6.92 Å². The first kappa shape index (κ1) is 10.4. The quantitative estimate of drug-likeness (QED) is 0.626. The summed E-state index contributed by atoms with van der Waals surface area (Å²) in [6, 6.07) is 0. The Kier molecular flexibility index (Phi) is 2.20. The van der Waals surface area contributed by atoms with Crippen molar-refractivity contribution in [2.45, 2.75) is 59.4 Å². The summed E-state index contributed by atoms with van der Waals surface area (Å²) >= 11 is 0. The second-order valence-electron chi connectivity index (χ2n) is 5.80. The molecule has 0 aromatic rings. The average molecular weight is 197 g/mol. The first-order chi connectivity index (χ1) is 6.38. The maximum absolute atomic E-state index is 11.1. The summed E-state index contributed by atoms with van der Waals surface area (Å²) in [6.45, 7) is 8.57. The molecule has 0 spiro atoms. The van der Waals surface area contributed by atoms with E-state index in [9.17, 15) is 5.11 Å². The highest BCUT2D eigenvalue weighted by Crippen LogP contribution is 2.66. The Bertz CT molecular complexity index is 234. The Morgan fingerprint density at radius 2 is 2.00 bits per heavy atom. The van der Waals surface area contributed by atoms with Crippen LogP contribution in [0.5, 0.6) is 0 Å². The molecule has 2 saturated carbocycles. The fourth-order valence-corrected chi connectivity index (χ4v) is 3.57. The van der Waals surface area contributed by atoms with Crippen LogP contribution in [0.25, 0.3) is 0 Å². The zero-order chi connectivity index (χ0) is 10.6. The van der Waals surface area contributed by atoms with Gasteiger partial charge in [-0.15, -0.1) is 0 Å². The Hall–Kier alpha value is -0.0800. The van der Waals surface area contributed by atoms with Gasteiger partial charge in [0.15, 0.2) is 6.29 Å². The molecule has 2 aliphatic rings. The van der Waals surface area contributed by atoms with E-state index in [1.165, 1.54) is 12.8 Å².